The van der Waals surface area contributed by atoms with Crippen LogP contribution >= 0.6 is 0 Å². The molecule has 2 rings (SSSR count). The standard InChI is InChI=1S/C20H23N3O2/c1-5-22(6-2)16-10-8-15(9-11-16)12-17-14(4)18(13-21)20(25)23(7-3)19(17)24/h8-12H,5-7H2,1-4H3/b17-12+. The topological polar surface area (TPSA) is 64.4 Å². The lowest BCUT2D eigenvalue weighted by Gasteiger charge is -2.26. The summed E-state index contributed by atoms with van der Waals surface area (Å²) in [7, 11) is 0. The van der Waals surface area contributed by atoms with Crippen molar-refractivity contribution in [3.8, 4) is 6.07 Å². The predicted molar refractivity (Wildman–Crippen MR) is 98.7 cm³/mol. The van der Waals surface area contributed by atoms with Crippen molar-refractivity contribution in [2.24, 2.45) is 0 Å². The zero-order chi connectivity index (χ0) is 18.6. The Hall–Kier alpha value is -2.87. The second-order valence-electron chi connectivity index (χ2n) is 5.79. The number of benzene rings is 1. The average molecular weight is 337 g/mol. The highest BCUT2D eigenvalue weighted by Crippen LogP contribution is 2.27. The first-order valence-electron chi connectivity index (χ1n) is 8.52. The molecule has 0 spiro atoms. The van der Waals surface area contributed by atoms with Crippen LogP contribution in [0.2, 0.25) is 0 Å². The van der Waals surface area contributed by atoms with Gasteiger partial charge >= 0.3 is 0 Å². The smallest absolute Gasteiger partial charge is 0.271 e. The molecule has 0 aromatic heterocycles. The van der Waals surface area contributed by atoms with Crippen molar-refractivity contribution in [3.05, 3.63) is 46.5 Å². The maximum absolute atomic E-state index is 12.6. The third-order valence-electron chi connectivity index (χ3n) is 4.47. The summed E-state index contributed by atoms with van der Waals surface area (Å²) < 4.78 is 0. The number of carbonyl (C=O) groups is 2. The number of anilines is 1. The molecule has 0 fully saturated rings. The molecule has 5 nitrogen and oxygen atoms in total. The lowest BCUT2D eigenvalue weighted by Crippen LogP contribution is -2.42. The number of likely N-dealkylation sites (N-methyl/N-ethyl adjacent to an activating group) is 1. The molecule has 0 aliphatic carbocycles. The molecule has 0 bridgehead atoms. The third-order valence-corrected chi connectivity index (χ3v) is 4.47. The quantitative estimate of drug-likeness (QED) is 0.611. The van der Waals surface area contributed by atoms with Crippen molar-refractivity contribution < 1.29 is 9.59 Å². The molecule has 1 aromatic rings. The Morgan fingerprint density at radius 2 is 1.68 bits per heavy atom. The number of hydrogen-bond acceptors (Lipinski definition) is 4. The van der Waals surface area contributed by atoms with Gasteiger partial charge in [0.2, 0.25) is 0 Å². The van der Waals surface area contributed by atoms with Crippen molar-refractivity contribution in [1.82, 2.24) is 4.90 Å². The van der Waals surface area contributed by atoms with Gasteiger partial charge in [0, 0.05) is 30.9 Å². The van der Waals surface area contributed by atoms with Gasteiger partial charge in [-0.3, -0.25) is 14.5 Å². The Kier molecular flexibility index (Phi) is 5.76. The lowest BCUT2D eigenvalue weighted by molar-refractivity contribution is -0.140. The molecule has 2 amide bonds. The third kappa shape index (κ3) is 3.48. The predicted octanol–water partition coefficient (Wildman–Crippen LogP) is 3.14. The van der Waals surface area contributed by atoms with Gasteiger partial charge in [0.25, 0.3) is 11.8 Å². The van der Waals surface area contributed by atoms with E-state index >= 15 is 0 Å². The molecular weight excluding hydrogens is 314 g/mol. The van der Waals surface area contributed by atoms with E-state index in [1.54, 1.807) is 19.9 Å². The molecule has 1 aromatic carbocycles. The van der Waals surface area contributed by atoms with Gasteiger partial charge in [-0.15, -0.1) is 0 Å². The summed E-state index contributed by atoms with van der Waals surface area (Å²) in [5.41, 5.74) is 2.86. The zero-order valence-corrected chi connectivity index (χ0v) is 15.2. The molecule has 25 heavy (non-hydrogen) atoms. The Labute approximate surface area is 148 Å². The molecule has 0 unspecified atom stereocenters. The Balaban J connectivity index is 2.45. The van der Waals surface area contributed by atoms with Gasteiger partial charge in [0.1, 0.15) is 11.6 Å². The molecule has 1 aliphatic rings. The van der Waals surface area contributed by atoms with Crippen LogP contribution in [0, 0.1) is 11.3 Å². The number of imide groups is 1. The maximum Gasteiger partial charge on any atom is 0.271 e. The zero-order valence-electron chi connectivity index (χ0n) is 15.2. The van der Waals surface area contributed by atoms with Crippen LogP contribution in [0.1, 0.15) is 33.3 Å². The fourth-order valence-corrected chi connectivity index (χ4v) is 2.95. The number of nitriles is 1. The highest BCUT2D eigenvalue weighted by Gasteiger charge is 2.34. The summed E-state index contributed by atoms with van der Waals surface area (Å²) >= 11 is 0. The molecule has 0 saturated heterocycles. The first-order valence-corrected chi connectivity index (χ1v) is 8.52. The van der Waals surface area contributed by atoms with Crippen LogP contribution in [0.5, 0.6) is 0 Å². The molecule has 1 aliphatic heterocycles. The van der Waals surface area contributed by atoms with Crippen LogP contribution in [0.4, 0.5) is 5.69 Å². The minimum Gasteiger partial charge on any atom is -0.372 e. The van der Waals surface area contributed by atoms with Crippen LogP contribution in [0.25, 0.3) is 6.08 Å². The van der Waals surface area contributed by atoms with Crippen molar-refractivity contribution >= 4 is 23.6 Å². The average Bonchev–Trinajstić information content (AvgIpc) is 2.62. The Bertz CT molecular complexity index is 778. The van der Waals surface area contributed by atoms with Gasteiger partial charge in [-0.05, 0) is 57.0 Å². The molecule has 1 heterocycles. The molecular formula is C20H23N3O2. The minimum atomic E-state index is -0.512. The summed E-state index contributed by atoms with van der Waals surface area (Å²) in [6.45, 7) is 9.68. The summed E-state index contributed by atoms with van der Waals surface area (Å²) in [5, 5.41) is 9.27. The van der Waals surface area contributed by atoms with E-state index in [-0.39, 0.29) is 18.0 Å². The summed E-state index contributed by atoms with van der Waals surface area (Å²) in [4.78, 5) is 28.1. The van der Waals surface area contributed by atoms with E-state index in [1.807, 2.05) is 30.3 Å². The number of amides is 2. The highest BCUT2D eigenvalue weighted by atomic mass is 16.2. The van der Waals surface area contributed by atoms with Crippen LogP contribution < -0.4 is 4.90 Å². The van der Waals surface area contributed by atoms with E-state index in [0.29, 0.717) is 11.1 Å². The second kappa shape index (κ2) is 7.80. The number of carbonyl (C=O) groups excluding carboxylic acids is 2. The van der Waals surface area contributed by atoms with Gasteiger partial charge in [-0.2, -0.15) is 5.26 Å². The van der Waals surface area contributed by atoms with E-state index in [9.17, 15) is 14.9 Å². The molecule has 0 radical (unpaired) electrons. The second-order valence-corrected chi connectivity index (χ2v) is 5.79. The van der Waals surface area contributed by atoms with Crippen molar-refractivity contribution in [2.75, 3.05) is 24.5 Å². The van der Waals surface area contributed by atoms with Gasteiger partial charge in [-0.25, -0.2) is 0 Å². The van der Waals surface area contributed by atoms with Crippen molar-refractivity contribution in [1.29, 1.82) is 5.26 Å². The van der Waals surface area contributed by atoms with E-state index in [2.05, 4.69) is 18.7 Å². The van der Waals surface area contributed by atoms with Crippen molar-refractivity contribution in [2.45, 2.75) is 27.7 Å². The van der Waals surface area contributed by atoms with Gasteiger partial charge in [0.15, 0.2) is 0 Å². The van der Waals surface area contributed by atoms with Crippen LogP contribution in [-0.4, -0.2) is 36.3 Å². The largest absolute Gasteiger partial charge is 0.372 e. The molecule has 130 valence electrons. The minimum absolute atomic E-state index is 0.0347. The van der Waals surface area contributed by atoms with Crippen molar-refractivity contribution in [3.63, 3.8) is 0 Å². The molecule has 5 heteroatoms. The molecule has 0 N–H and O–H groups in total. The fraction of sp³-hybridized carbons (Fsp3) is 0.350. The lowest BCUT2D eigenvalue weighted by atomic mass is 9.93. The van der Waals surface area contributed by atoms with Gasteiger partial charge in [0.05, 0.1) is 0 Å². The summed E-state index contributed by atoms with van der Waals surface area (Å²) in [6.07, 6.45) is 1.75. The number of nitrogens with zero attached hydrogens (tertiary/aromatic N) is 3. The van der Waals surface area contributed by atoms with Gasteiger partial charge in [-0.1, -0.05) is 12.1 Å². The maximum atomic E-state index is 12.6. The SMILES string of the molecule is CCN1C(=O)C(C#N)=C(C)/C(=C\c2ccc(N(CC)CC)cc2)C1=O. The highest BCUT2D eigenvalue weighted by molar-refractivity contribution is 6.19. The van der Waals surface area contributed by atoms with Gasteiger partial charge < -0.3 is 4.90 Å². The Morgan fingerprint density at radius 1 is 1.08 bits per heavy atom. The van der Waals surface area contributed by atoms with E-state index < -0.39 is 5.91 Å². The van der Waals surface area contributed by atoms with Crippen LogP contribution in [-0.2, 0) is 9.59 Å². The van der Waals surface area contributed by atoms with Crippen LogP contribution in [0.3, 0.4) is 0 Å². The summed E-state index contributed by atoms with van der Waals surface area (Å²) in [6, 6.07) is 9.85. The number of rotatable bonds is 5. The molecule has 0 saturated carbocycles. The van der Waals surface area contributed by atoms with Crippen LogP contribution in [0.15, 0.2) is 41.0 Å². The first-order chi connectivity index (χ1) is 12.0. The molecule has 0 atom stereocenters. The van der Waals surface area contributed by atoms with E-state index in [0.717, 1.165) is 29.2 Å². The fourth-order valence-electron chi connectivity index (χ4n) is 2.95. The summed E-state index contributed by atoms with van der Waals surface area (Å²) in [5.74, 6) is -0.863. The monoisotopic (exact) mass is 337 g/mol. The van der Waals surface area contributed by atoms with E-state index in [4.69, 9.17) is 0 Å². The first kappa shape index (κ1) is 18.5. The number of hydrogen-bond donors (Lipinski definition) is 0. The Morgan fingerprint density at radius 3 is 2.16 bits per heavy atom. The normalized spacial score (nSPS) is 16.4. The van der Waals surface area contributed by atoms with E-state index in [1.165, 1.54) is 0 Å².